The highest BCUT2D eigenvalue weighted by molar-refractivity contribution is 7.98. The summed E-state index contributed by atoms with van der Waals surface area (Å²) in [6.07, 6.45) is 1.88. The second-order valence-electron chi connectivity index (χ2n) is 2.26. The first-order valence-electron chi connectivity index (χ1n) is 3.66. The lowest BCUT2D eigenvalue weighted by molar-refractivity contribution is 0.202. The number of amides is 2. The van der Waals surface area contributed by atoms with Crippen molar-refractivity contribution in [1.82, 2.24) is 10.3 Å². The highest BCUT2D eigenvalue weighted by Gasteiger charge is 2.14. The minimum atomic E-state index is -0.563. The third-order valence-corrected chi connectivity index (χ3v) is 1.86. The van der Waals surface area contributed by atoms with E-state index < -0.39 is 11.5 Å². The average Bonchev–Trinajstić information content (AvgIpc) is 2.04. The Hall–Kier alpha value is -0.490. The lowest BCUT2D eigenvalue weighted by atomic mass is 10.6. The Bertz CT molecular complexity index is 179. The van der Waals surface area contributed by atoms with E-state index in [9.17, 15) is 9.70 Å². The molecule has 0 aromatic carbocycles. The molecule has 0 spiro atoms. The summed E-state index contributed by atoms with van der Waals surface area (Å²) in [6.45, 7) is 1.89. The Labute approximate surface area is 86.1 Å². The lowest BCUT2D eigenvalue weighted by Crippen LogP contribution is -2.40. The minimum Gasteiger partial charge on any atom is -0.320 e. The Balaban J connectivity index is 3.92. The number of hydrogen-bond acceptors (Lipinski definition) is 4. The summed E-state index contributed by atoms with van der Waals surface area (Å²) < 4.78 is 0. The standard InChI is InChI=1S/C6H12ClN3O2S/c1-5(7)8-6(11)10(9-12)3-4-13-2/h5H,3-4H2,1-2H3,(H,8,11). The summed E-state index contributed by atoms with van der Waals surface area (Å²) in [4.78, 5) is 21.3. The molecule has 0 aliphatic heterocycles. The molecule has 76 valence electrons. The maximum absolute atomic E-state index is 11.1. The number of urea groups is 1. The van der Waals surface area contributed by atoms with Crippen LogP contribution in [0.1, 0.15) is 6.92 Å². The molecule has 0 fully saturated rings. The number of carbonyl (C=O) groups excluding carboxylic acids is 1. The van der Waals surface area contributed by atoms with Crippen molar-refractivity contribution in [2.75, 3.05) is 18.6 Å². The van der Waals surface area contributed by atoms with E-state index in [-0.39, 0.29) is 0 Å². The SMILES string of the molecule is CSCCN(N=O)C(=O)NC(C)Cl. The van der Waals surface area contributed by atoms with Gasteiger partial charge in [0.25, 0.3) is 0 Å². The quantitative estimate of drug-likeness (QED) is 0.335. The number of carbonyl (C=O) groups is 1. The van der Waals surface area contributed by atoms with E-state index >= 15 is 0 Å². The molecule has 0 saturated heterocycles. The normalized spacial score (nSPS) is 11.9. The topological polar surface area (TPSA) is 61.8 Å². The number of rotatable bonds is 5. The molecule has 0 heterocycles. The molecule has 1 unspecified atom stereocenters. The zero-order valence-corrected chi connectivity index (χ0v) is 9.06. The highest BCUT2D eigenvalue weighted by atomic mass is 35.5. The summed E-state index contributed by atoms with van der Waals surface area (Å²) in [6, 6.07) is -0.563. The number of hydrogen-bond donors (Lipinski definition) is 1. The molecule has 0 aromatic heterocycles. The van der Waals surface area contributed by atoms with Crippen LogP contribution in [0.15, 0.2) is 5.29 Å². The molecular weight excluding hydrogens is 214 g/mol. The van der Waals surface area contributed by atoms with Gasteiger partial charge in [-0.25, -0.2) is 4.79 Å². The van der Waals surface area contributed by atoms with Crippen LogP contribution in [-0.4, -0.2) is 35.1 Å². The van der Waals surface area contributed by atoms with E-state index in [0.717, 1.165) is 5.01 Å². The number of thioether (sulfide) groups is 1. The zero-order chi connectivity index (χ0) is 10.3. The summed E-state index contributed by atoms with van der Waals surface area (Å²) in [7, 11) is 0. The van der Waals surface area contributed by atoms with Gasteiger partial charge in [0.05, 0.1) is 11.8 Å². The van der Waals surface area contributed by atoms with Gasteiger partial charge in [-0.1, -0.05) is 11.6 Å². The van der Waals surface area contributed by atoms with Gasteiger partial charge in [-0.2, -0.15) is 16.8 Å². The number of halogens is 1. The van der Waals surface area contributed by atoms with Crippen molar-refractivity contribution < 1.29 is 4.79 Å². The Morgan fingerprint density at radius 1 is 1.77 bits per heavy atom. The second-order valence-corrected chi connectivity index (χ2v) is 3.90. The first-order valence-corrected chi connectivity index (χ1v) is 5.49. The monoisotopic (exact) mass is 225 g/mol. The molecule has 0 saturated carbocycles. The molecule has 0 aromatic rings. The van der Waals surface area contributed by atoms with Gasteiger partial charge in [0.1, 0.15) is 5.50 Å². The summed E-state index contributed by atoms with van der Waals surface area (Å²) in [5.74, 6) is 0.663. The summed E-state index contributed by atoms with van der Waals surface area (Å²) >= 11 is 7.03. The van der Waals surface area contributed by atoms with Crippen molar-refractivity contribution in [1.29, 1.82) is 0 Å². The molecular formula is C6H12ClN3O2S. The number of nitrogens with zero attached hydrogens (tertiary/aromatic N) is 2. The molecule has 13 heavy (non-hydrogen) atoms. The molecule has 2 amide bonds. The summed E-state index contributed by atoms with van der Waals surface area (Å²) in [5, 5.41) is 5.74. The van der Waals surface area contributed by atoms with E-state index in [0.29, 0.717) is 12.3 Å². The molecule has 0 aliphatic carbocycles. The van der Waals surface area contributed by atoms with Gasteiger partial charge in [-0.15, -0.1) is 4.91 Å². The third kappa shape index (κ3) is 5.70. The molecule has 7 heteroatoms. The number of alkyl halides is 1. The molecule has 0 bridgehead atoms. The Morgan fingerprint density at radius 3 is 2.77 bits per heavy atom. The van der Waals surface area contributed by atoms with Gasteiger partial charge in [-0.3, -0.25) is 0 Å². The minimum absolute atomic E-state index is 0.292. The van der Waals surface area contributed by atoms with Crippen LogP contribution in [0, 0.1) is 4.91 Å². The van der Waals surface area contributed by atoms with Crippen molar-refractivity contribution in [2.45, 2.75) is 12.4 Å². The molecule has 1 atom stereocenters. The van der Waals surface area contributed by atoms with Crippen LogP contribution in [0.25, 0.3) is 0 Å². The van der Waals surface area contributed by atoms with Crippen molar-refractivity contribution in [3.05, 3.63) is 4.91 Å². The van der Waals surface area contributed by atoms with Crippen molar-refractivity contribution in [2.24, 2.45) is 5.29 Å². The fourth-order valence-corrected chi connectivity index (χ4v) is 1.05. The van der Waals surface area contributed by atoms with E-state index in [2.05, 4.69) is 10.6 Å². The molecule has 0 rings (SSSR count). The predicted octanol–water partition coefficient (Wildman–Crippen LogP) is 1.63. The van der Waals surface area contributed by atoms with Gasteiger partial charge in [-0.05, 0) is 13.2 Å². The molecule has 0 radical (unpaired) electrons. The second kappa shape index (κ2) is 6.97. The molecule has 0 aliphatic rings. The average molecular weight is 226 g/mol. The zero-order valence-electron chi connectivity index (χ0n) is 7.49. The first-order chi connectivity index (χ1) is 6.11. The van der Waals surface area contributed by atoms with Crippen molar-refractivity contribution in [3.63, 3.8) is 0 Å². The first kappa shape index (κ1) is 12.5. The van der Waals surface area contributed by atoms with Crippen molar-refractivity contribution >= 4 is 29.4 Å². The largest absolute Gasteiger partial charge is 0.341 e. The van der Waals surface area contributed by atoms with Gasteiger partial charge >= 0.3 is 6.03 Å². The third-order valence-electron chi connectivity index (χ3n) is 1.16. The van der Waals surface area contributed by atoms with Crippen LogP contribution in [0.4, 0.5) is 4.79 Å². The van der Waals surface area contributed by atoms with Gasteiger partial charge in [0.15, 0.2) is 0 Å². The van der Waals surface area contributed by atoms with Crippen molar-refractivity contribution in [3.8, 4) is 0 Å². The maximum atomic E-state index is 11.1. The molecule has 5 nitrogen and oxygen atoms in total. The van der Waals surface area contributed by atoms with Gasteiger partial charge in [0.2, 0.25) is 0 Å². The smallest absolute Gasteiger partial charge is 0.320 e. The van der Waals surface area contributed by atoms with Gasteiger partial charge in [0, 0.05) is 5.75 Å². The Kier molecular flexibility index (Phi) is 6.70. The van der Waals surface area contributed by atoms with Crippen LogP contribution < -0.4 is 5.32 Å². The fraction of sp³-hybridized carbons (Fsp3) is 0.833. The van der Waals surface area contributed by atoms with Crippen LogP contribution in [0.5, 0.6) is 0 Å². The highest BCUT2D eigenvalue weighted by Crippen LogP contribution is 1.98. The van der Waals surface area contributed by atoms with E-state index in [4.69, 9.17) is 11.6 Å². The number of nitroso groups, excluding NO2 is 1. The van der Waals surface area contributed by atoms with Crippen LogP contribution in [0.2, 0.25) is 0 Å². The van der Waals surface area contributed by atoms with E-state index in [1.807, 2.05) is 6.26 Å². The lowest BCUT2D eigenvalue weighted by Gasteiger charge is -2.14. The van der Waals surface area contributed by atoms with Crippen LogP contribution >= 0.6 is 23.4 Å². The maximum Gasteiger partial charge on any atom is 0.341 e. The van der Waals surface area contributed by atoms with Crippen LogP contribution in [0.3, 0.4) is 0 Å². The Morgan fingerprint density at radius 2 is 2.38 bits per heavy atom. The van der Waals surface area contributed by atoms with E-state index in [1.165, 1.54) is 11.8 Å². The van der Waals surface area contributed by atoms with Gasteiger partial charge < -0.3 is 5.32 Å². The summed E-state index contributed by atoms with van der Waals surface area (Å²) in [5.41, 5.74) is -0.508. The fourth-order valence-electron chi connectivity index (χ4n) is 0.602. The molecule has 1 N–H and O–H groups in total. The predicted molar refractivity (Wildman–Crippen MR) is 54.7 cm³/mol. The van der Waals surface area contributed by atoms with E-state index in [1.54, 1.807) is 6.92 Å². The van der Waals surface area contributed by atoms with Crippen LogP contribution in [-0.2, 0) is 0 Å². The number of nitrogens with one attached hydrogen (secondary N) is 1.